The summed E-state index contributed by atoms with van der Waals surface area (Å²) in [6.07, 6.45) is -1.94. The summed E-state index contributed by atoms with van der Waals surface area (Å²) in [6.45, 7) is 1.88. The zero-order valence-corrected chi connectivity index (χ0v) is 11.5. The molecule has 1 aliphatic carbocycles. The smallest absolute Gasteiger partial charge is 0.391 e. The zero-order valence-electron chi connectivity index (χ0n) is 11.5. The molecular formula is C15H20F3NO. The van der Waals surface area contributed by atoms with Crippen molar-refractivity contribution < 1.29 is 18.3 Å². The maximum Gasteiger partial charge on any atom is 0.391 e. The molecule has 1 aromatic heterocycles. The fourth-order valence-electron chi connectivity index (χ4n) is 3.02. The topological polar surface area (TPSA) is 33.1 Å². The average molecular weight is 287 g/mol. The minimum atomic E-state index is -4.09. The van der Waals surface area contributed by atoms with E-state index in [0.29, 0.717) is 12.8 Å². The highest BCUT2D eigenvalue weighted by Crippen LogP contribution is 2.42. The highest BCUT2D eigenvalue weighted by atomic mass is 19.4. The van der Waals surface area contributed by atoms with Gasteiger partial charge in [0.15, 0.2) is 0 Å². The Labute approximate surface area is 117 Å². The summed E-state index contributed by atoms with van der Waals surface area (Å²) in [6, 6.07) is 5.50. The molecule has 0 aromatic carbocycles. The zero-order chi connectivity index (χ0) is 14.8. The molecule has 112 valence electrons. The standard InChI is InChI=1S/C15H20F3NO/c1-10(13-4-2-3-9-19-13)14(20)11-5-7-12(8-6-11)15(16,17)18/h2-4,9-12,14,20H,5-8H2,1H3. The molecule has 0 saturated heterocycles. The van der Waals surface area contributed by atoms with Crippen LogP contribution in [0.15, 0.2) is 24.4 Å². The Balaban J connectivity index is 1.93. The Morgan fingerprint density at radius 1 is 1.20 bits per heavy atom. The first-order valence-corrected chi connectivity index (χ1v) is 7.05. The molecule has 5 heteroatoms. The second kappa shape index (κ2) is 6.12. The third kappa shape index (κ3) is 3.51. The van der Waals surface area contributed by atoms with Crippen molar-refractivity contribution >= 4 is 0 Å². The number of hydrogen-bond acceptors (Lipinski definition) is 2. The lowest BCUT2D eigenvalue weighted by Gasteiger charge is -2.34. The minimum Gasteiger partial charge on any atom is -0.392 e. The SMILES string of the molecule is CC(c1ccccn1)C(O)C1CCC(C(F)(F)F)CC1. The van der Waals surface area contributed by atoms with Crippen LogP contribution in [0.5, 0.6) is 0 Å². The lowest BCUT2D eigenvalue weighted by molar-refractivity contribution is -0.186. The number of halogens is 3. The van der Waals surface area contributed by atoms with Crippen LogP contribution < -0.4 is 0 Å². The highest BCUT2D eigenvalue weighted by molar-refractivity contribution is 5.10. The Kier molecular flexibility index (Phi) is 4.68. The molecule has 2 nitrogen and oxygen atoms in total. The van der Waals surface area contributed by atoms with Gasteiger partial charge in [0.05, 0.1) is 12.0 Å². The van der Waals surface area contributed by atoms with E-state index in [9.17, 15) is 18.3 Å². The highest BCUT2D eigenvalue weighted by Gasteiger charge is 2.42. The van der Waals surface area contributed by atoms with Crippen LogP contribution in [-0.2, 0) is 0 Å². The molecule has 0 bridgehead atoms. The van der Waals surface area contributed by atoms with Crippen LogP contribution in [0, 0.1) is 11.8 Å². The molecule has 0 amide bonds. The molecule has 1 heterocycles. The Bertz CT molecular complexity index is 413. The quantitative estimate of drug-likeness (QED) is 0.914. The first kappa shape index (κ1) is 15.3. The van der Waals surface area contributed by atoms with Gasteiger partial charge in [0.2, 0.25) is 0 Å². The van der Waals surface area contributed by atoms with E-state index in [4.69, 9.17) is 0 Å². The van der Waals surface area contributed by atoms with Crippen LogP contribution in [0.1, 0.15) is 44.2 Å². The predicted octanol–water partition coefficient (Wildman–Crippen LogP) is 3.91. The van der Waals surface area contributed by atoms with Crippen molar-refractivity contribution in [2.75, 3.05) is 0 Å². The van der Waals surface area contributed by atoms with Crippen LogP contribution in [0.2, 0.25) is 0 Å². The third-order valence-corrected chi connectivity index (χ3v) is 4.38. The summed E-state index contributed by atoms with van der Waals surface area (Å²) in [5.41, 5.74) is 0.790. The lowest BCUT2D eigenvalue weighted by atomic mass is 9.76. The van der Waals surface area contributed by atoms with Crippen LogP contribution >= 0.6 is 0 Å². The van der Waals surface area contributed by atoms with Gasteiger partial charge < -0.3 is 5.11 Å². The van der Waals surface area contributed by atoms with E-state index in [1.165, 1.54) is 0 Å². The number of pyridine rings is 1. The van der Waals surface area contributed by atoms with Crippen molar-refractivity contribution in [1.29, 1.82) is 0 Å². The number of aliphatic hydroxyl groups is 1. The minimum absolute atomic E-state index is 0.0643. The van der Waals surface area contributed by atoms with Crippen LogP contribution in [0.4, 0.5) is 13.2 Å². The van der Waals surface area contributed by atoms with Gasteiger partial charge in [-0.25, -0.2) is 0 Å². The number of alkyl halides is 3. The van der Waals surface area contributed by atoms with Gasteiger partial charge in [0.1, 0.15) is 0 Å². The van der Waals surface area contributed by atoms with Gasteiger partial charge in [-0.3, -0.25) is 4.98 Å². The van der Waals surface area contributed by atoms with Gasteiger partial charge >= 0.3 is 6.18 Å². The number of aromatic nitrogens is 1. The van der Waals surface area contributed by atoms with E-state index in [1.54, 1.807) is 12.3 Å². The number of nitrogens with zero attached hydrogens (tertiary/aromatic N) is 1. The Morgan fingerprint density at radius 2 is 1.85 bits per heavy atom. The molecule has 1 aliphatic rings. The molecule has 2 unspecified atom stereocenters. The summed E-state index contributed by atoms with van der Waals surface area (Å²) in [5, 5.41) is 10.4. The van der Waals surface area contributed by atoms with E-state index in [2.05, 4.69) is 4.98 Å². The van der Waals surface area contributed by atoms with Gasteiger partial charge in [-0.1, -0.05) is 13.0 Å². The summed E-state index contributed by atoms with van der Waals surface area (Å²) in [7, 11) is 0. The predicted molar refractivity (Wildman–Crippen MR) is 70.2 cm³/mol. The summed E-state index contributed by atoms with van der Waals surface area (Å²) in [4.78, 5) is 4.21. The first-order chi connectivity index (χ1) is 9.39. The van der Waals surface area contributed by atoms with Gasteiger partial charge in [-0.15, -0.1) is 0 Å². The first-order valence-electron chi connectivity index (χ1n) is 7.05. The monoisotopic (exact) mass is 287 g/mol. The summed E-state index contributed by atoms with van der Waals surface area (Å²) < 4.78 is 37.9. The van der Waals surface area contributed by atoms with Gasteiger partial charge in [-0.05, 0) is 43.7 Å². The average Bonchev–Trinajstić information content (AvgIpc) is 2.46. The second-order valence-electron chi connectivity index (χ2n) is 5.69. The molecule has 2 rings (SSSR count). The fraction of sp³-hybridized carbons (Fsp3) is 0.667. The van der Waals surface area contributed by atoms with Crippen molar-refractivity contribution in [3.8, 4) is 0 Å². The van der Waals surface area contributed by atoms with E-state index in [1.807, 2.05) is 19.1 Å². The molecule has 1 N–H and O–H groups in total. The third-order valence-electron chi connectivity index (χ3n) is 4.38. The van der Waals surface area contributed by atoms with Crippen molar-refractivity contribution in [3.05, 3.63) is 30.1 Å². The molecule has 0 spiro atoms. The van der Waals surface area contributed by atoms with Gasteiger partial charge in [0, 0.05) is 17.8 Å². The van der Waals surface area contributed by atoms with Crippen molar-refractivity contribution in [1.82, 2.24) is 4.98 Å². The molecule has 20 heavy (non-hydrogen) atoms. The normalized spacial score (nSPS) is 27.1. The van der Waals surface area contributed by atoms with E-state index < -0.39 is 18.2 Å². The number of rotatable bonds is 3. The molecule has 0 aliphatic heterocycles. The molecule has 1 saturated carbocycles. The molecule has 1 fully saturated rings. The van der Waals surface area contributed by atoms with E-state index in [-0.39, 0.29) is 24.7 Å². The maximum absolute atomic E-state index is 12.6. The maximum atomic E-state index is 12.6. The molecule has 2 atom stereocenters. The number of aliphatic hydroxyl groups excluding tert-OH is 1. The molecular weight excluding hydrogens is 267 g/mol. The van der Waals surface area contributed by atoms with Crippen LogP contribution in [-0.4, -0.2) is 22.4 Å². The lowest BCUT2D eigenvalue weighted by Crippen LogP contribution is -2.34. The number of hydrogen-bond donors (Lipinski definition) is 1. The van der Waals surface area contributed by atoms with Crippen LogP contribution in [0.25, 0.3) is 0 Å². The summed E-state index contributed by atoms with van der Waals surface area (Å²) >= 11 is 0. The Hall–Kier alpha value is -1.10. The van der Waals surface area contributed by atoms with Crippen molar-refractivity contribution in [3.63, 3.8) is 0 Å². The van der Waals surface area contributed by atoms with Crippen LogP contribution in [0.3, 0.4) is 0 Å². The van der Waals surface area contributed by atoms with Crippen molar-refractivity contribution in [2.24, 2.45) is 11.8 Å². The fourth-order valence-corrected chi connectivity index (χ4v) is 3.02. The van der Waals surface area contributed by atoms with E-state index in [0.717, 1.165) is 5.69 Å². The second-order valence-corrected chi connectivity index (χ2v) is 5.69. The largest absolute Gasteiger partial charge is 0.392 e. The van der Waals surface area contributed by atoms with Gasteiger partial charge in [-0.2, -0.15) is 13.2 Å². The summed E-state index contributed by atoms with van der Waals surface area (Å²) in [5.74, 6) is -1.41. The molecule has 1 aromatic rings. The van der Waals surface area contributed by atoms with Crippen molar-refractivity contribution in [2.45, 2.75) is 50.8 Å². The Morgan fingerprint density at radius 3 is 2.35 bits per heavy atom. The molecule has 0 radical (unpaired) electrons. The van der Waals surface area contributed by atoms with Gasteiger partial charge in [0.25, 0.3) is 0 Å². The van der Waals surface area contributed by atoms with E-state index >= 15 is 0 Å².